The van der Waals surface area contributed by atoms with Crippen LogP contribution in [0.2, 0.25) is 0 Å². The van der Waals surface area contributed by atoms with Gasteiger partial charge in [0.1, 0.15) is 6.61 Å². The van der Waals surface area contributed by atoms with Crippen molar-refractivity contribution < 1.29 is 14.6 Å². The van der Waals surface area contributed by atoms with E-state index in [-0.39, 0.29) is 5.56 Å². The van der Waals surface area contributed by atoms with E-state index in [1.54, 1.807) is 0 Å². The van der Waals surface area contributed by atoms with Crippen molar-refractivity contribution in [3.05, 3.63) is 23.9 Å². The molecule has 1 aromatic heterocycles. The summed E-state index contributed by atoms with van der Waals surface area (Å²) in [5, 5.41) is 8.81. The summed E-state index contributed by atoms with van der Waals surface area (Å²) < 4.78 is 5.41. The fourth-order valence-electron chi connectivity index (χ4n) is 1.44. The first-order valence-corrected chi connectivity index (χ1v) is 5.71. The smallest absolute Gasteiger partial charge is 0.335 e. The second-order valence-corrected chi connectivity index (χ2v) is 3.56. The molecule has 5 nitrogen and oxygen atoms in total. The van der Waals surface area contributed by atoms with Crippen molar-refractivity contribution in [3.8, 4) is 5.88 Å². The van der Waals surface area contributed by atoms with Gasteiger partial charge in [-0.05, 0) is 19.2 Å². The van der Waals surface area contributed by atoms with E-state index >= 15 is 0 Å². The summed E-state index contributed by atoms with van der Waals surface area (Å²) >= 11 is 0. The topological polar surface area (TPSA) is 62.7 Å². The molecule has 0 atom stereocenters. The van der Waals surface area contributed by atoms with Gasteiger partial charge in [-0.3, -0.25) is 0 Å². The summed E-state index contributed by atoms with van der Waals surface area (Å²) in [6.07, 6.45) is 1.44. The number of pyridine rings is 1. The Balaban J connectivity index is 2.46. The van der Waals surface area contributed by atoms with Crippen LogP contribution in [0.3, 0.4) is 0 Å². The Hall–Kier alpha value is -1.62. The predicted octanol–water partition coefficient (Wildman–Crippen LogP) is 1.50. The van der Waals surface area contributed by atoms with E-state index < -0.39 is 5.97 Å². The Labute approximate surface area is 101 Å². The van der Waals surface area contributed by atoms with E-state index in [1.165, 1.54) is 18.3 Å². The number of hydrogen-bond donors (Lipinski definition) is 1. The first kappa shape index (κ1) is 13.4. The molecule has 0 amide bonds. The van der Waals surface area contributed by atoms with E-state index in [4.69, 9.17) is 9.84 Å². The van der Waals surface area contributed by atoms with Crippen LogP contribution in [0.5, 0.6) is 5.88 Å². The molecule has 0 spiro atoms. The molecule has 0 aromatic carbocycles. The van der Waals surface area contributed by atoms with Crippen LogP contribution >= 0.6 is 0 Å². The monoisotopic (exact) mass is 238 g/mol. The zero-order valence-electron chi connectivity index (χ0n) is 10.2. The summed E-state index contributed by atoms with van der Waals surface area (Å²) in [4.78, 5) is 16.9. The first-order valence-electron chi connectivity index (χ1n) is 5.71. The standard InChI is InChI=1S/C12H18N2O3/c1-3-14(4-2)7-8-17-11-9-10(12(15)16)5-6-13-11/h5-6,9H,3-4,7-8H2,1-2H3,(H,15,16). The maximum Gasteiger partial charge on any atom is 0.335 e. The number of hydrogen-bond acceptors (Lipinski definition) is 4. The summed E-state index contributed by atoms with van der Waals surface area (Å²) in [5.41, 5.74) is 0.192. The van der Waals surface area contributed by atoms with Gasteiger partial charge in [-0.1, -0.05) is 13.8 Å². The van der Waals surface area contributed by atoms with Crippen molar-refractivity contribution in [2.75, 3.05) is 26.2 Å². The van der Waals surface area contributed by atoms with Gasteiger partial charge in [0.2, 0.25) is 5.88 Å². The molecule has 0 radical (unpaired) electrons. The molecule has 1 rings (SSSR count). The van der Waals surface area contributed by atoms with Crippen molar-refractivity contribution in [1.29, 1.82) is 0 Å². The molecular formula is C12H18N2O3. The molecule has 1 aromatic rings. The maximum absolute atomic E-state index is 10.7. The van der Waals surface area contributed by atoms with Gasteiger partial charge in [-0.2, -0.15) is 0 Å². The van der Waals surface area contributed by atoms with E-state index in [1.807, 2.05) is 0 Å². The predicted molar refractivity (Wildman–Crippen MR) is 64.5 cm³/mol. The zero-order chi connectivity index (χ0) is 12.7. The van der Waals surface area contributed by atoms with E-state index in [0.29, 0.717) is 12.5 Å². The van der Waals surface area contributed by atoms with Crippen molar-refractivity contribution in [2.45, 2.75) is 13.8 Å². The quantitative estimate of drug-likeness (QED) is 0.780. The highest BCUT2D eigenvalue weighted by Crippen LogP contribution is 2.09. The number of aromatic carboxylic acids is 1. The van der Waals surface area contributed by atoms with Crippen molar-refractivity contribution in [2.24, 2.45) is 0 Å². The van der Waals surface area contributed by atoms with Crippen LogP contribution in [0.1, 0.15) is 24.2 Å². The zero-order valence-corrected chi connectivity index (χ0v) is 10.2. The van der Waals surface area contributed by atoms with Crippen LogP contribution in [0, 0.1) is 0 Å². The van der Waals surface area contributed by atoms with Crippen LogP contribution in [-0.2, 0) is 0 Å². The SMILES string of the molecule is CCN(CC)CCOc1cc(C(=O)O)ccn1. The van der Waals surface area contributed by atoms with E-state index in [9.17, 15) is 4.79 Å². The van der Waals surface area contributed by atoms with Gasteiger partial charge in [0.25, 0.3) is 0 Å². The Kier molecular flexibility index (Phi) is 5.42. The molecule has 0 saturated heterocycles. The Morgan fingerprint density at radius 2 is 2.18 bits per heavy atom. The van der Waals surface area contributed by atoms with Crippen molar-refractivity contribution in [1.82, 2.24) is 9.88 Å². The molecule has 0 fully saturated rings. The van der Waals surface area contributed by atoms with Crippen LogP contribution in [-0.4, -0.2) is 47.2 Å². The van der Waals surface area contributed by atoms with Gasteiger partial charge in [0.05, 0.1) is 5.56 Å². The van der Waals surface area contributed by atoms with Crippen LogP contribution < -0.4 is 4.74 Å². The Bertz CT molecular complexity index is 365. The average Bonchev–Trinajstić information content (AvgIpc) is 2.35. The number of aromatic nitrogens is 1. The molecule has 0 aliphatic carbocycles. The van der Waals surface area contributed by atoms with E-state index in [0.717, 1.165) is 19.6 Å². The largest absolute Gasteiger partial charge is 0.478 e. The van der Waals surface area contributed by atoms with Crippen LogP contribution in [0.4, 0.5) is 0 Å². The van der Waals surface area contributed by atoms with Gasteiger partial charge in [0, 0.05) is 18.8 Å². The lowest BCUT2D eigenvalue weighted by molar-refractivity contribution is 0.0696. The molecule has 1 heterocycles. The first-order chi connectivity index (χ1) is 8.17. The maximum atomic E-state index is 10.7. The normalized spacial score (nSPS) is 10.5. The number of carboxylic acid groups (broad SMARTS) is 1. The molecule has 94 valence electrons. The fourth-order valence-corrected chi connectivity index (χ4v) is 1.44. The van der Waals surface area contributed by atoms with Crippen LogP contribution in [0.25, 0.3) is 0 Å². The highest BCUT2D eigenvalue weighted by atomic mass is 16.5. The molecule has 0 saturated carbocycles. The van der Waals surface area contributed by atoms with Gasteiger partial charge >= 0.3 is 5.97 Å². The minimum Gasteiger partial charge on any atom is -0.478 e. The highest BCUT2D eigenvalue weighted by molar-refractivity contribution is 5.87. The molecule has 0 aliphatic heterocycles. The van der Waals surface area contributed by atoms with Gasteiger partial charge in [-0.15, -0.1) is 0 Å². The minimum atomic E-state index is -0.971. The summed E-state index contributed by atoms with van der Waals surface area (Å²) in [7, 11) is 0. The van der Waals surface area contributed by atoms with E-state index in [2.05, 4.69) is 23.7 Å². The Morgan fingerprint density at radius 3 is 2.76 bits per heavy atom. The molecule has 17 heavy (non-hydrogen) atoms. The van der Waals surface area contributed by atoms with Gasteiger partial charge < -0.3 is 14.7 Å². The fraction of sp³-hybridized carbons (Fsp3) is 0.500. The Morgan fingerprint density at radius 1 is 1.47 bits per heavy atom. The lowest BCUT2D eigenvalue weighted by atomic mass is 10.3. The van der Waals surface area contributed by atoms with Gasteiger partial charge in [0.15, 0.2) is 0 Å². The average molecular weight is 238 g/mol. The summed E-state index contributed by atoms with van der Waals surface area (Å²) in [6, 6.07) is 2.88. The number of carbonyl (C=O) groups is 1. The molecule has 0 aliphatic rings. The second kappa shape index (κ2) is 6.85. The van der Waals surface area contributed by atoms with Crippen LogP contribution in [0.15, 0.2) is 18.3 Å². The molecular weight excluding hydrogens is 220 g/mol. The number of ether oxygens (including phenoxy) is 1. The summed E-state index contributed by atoms with van der Waals surface area (Å²) in [6.45, 7) is 7.45. The third-order valence-electron chi connectivity index (χ3n) is 2.53. The molecule has 0 bridgehead atoms. The number of likely N-dealkylation sites (N-methyl/N-ethyl adjacent to an activating group) is 1. The third kappa shape index (κ3) is 4.40. The molecule has 0 unspecified atom stereocenters. The molecule has 5 heteroatoms. The van der Waals surface area contributed by atoms with Crippen molar-refractivity contribution in [3.63, 3.8) is 0 Å². The lowest BCUT2D eigenvalue weighted by Gasteiger charge is -2.17. The number of nitrogens with zero attached hydrogens (tertiary/aromatic N) is 2. The van der Waals surface area contributed by atoms with Crippen molar-refractivity contribution >= 4 is 5.97 Å². The lowest BCUT2D eigenvalue weighted by Crippen LogP contribution is -2.28. The highest BCUT2D eigenvalue weighted by Gasteiger charge is 2.05. The van der Waals surface area contributed by atoms with Gasteiger partial charge in [-0.25, -0.2) is 9.78 Å². The number of carboxylic acids is 1. The second-order valence-electron chi connectivity index (χ2n) is 3.56. The number of rotatable bonds is 7. The summed E-state index contributed by atoms with van der Waals surface area (Å²) in [5.74, 6) is -0.613. The molecule has 1 N–H and O–H groups in total. The third-order valence-corrected chi connectivity index (χ3v) is 2.53. The minimum absolute atomic E-state index is 0.192.